The molecule has 2 aromatic heterocycles. The van der Waals surface area contributed by atoms with Crippen LogP contribution in [0.3, 0.4) is 0 Å². The lowest BCUT2D eigenvalue weighted by Crippen LogP contribution is -2.37. The standard InChI is InChI=1S/C17H18ClN5O2/c1-11(18)9-10-23-13-14(21(2)17(25)22(3)15(13)24)20-16(23)19-12-7-5-4-6-8-12/h4-9H,10H2,1-3H3,(H,19,20)/b11-9-. The molecule has 8 heteroatoms. The van der Waals surface area contributed by atoms with Gasteiger partial charge in [-0.25, -0.2) is 4.79 Å². The van der Waals surface area contributed by atoms with Crippen LogP contribution in [0.5, 0.6) is 0 Å². The van der Waals surface area contributed by atoms with Crippen molar-refractivity contribution in [3.63, 3.8) is 0 Å². The number of halogens is 1. The Morgan fingerprint density at radius 1 is 1.20 bits per heavy atom. The molecule has 0 bridgehead atoms. The van der Waals surface area contributed by atoms with Gasteiger partial charge in [-0.1, -0.05) is 35.9 Å². The predicted molar refractivity (Wildman–Crippen MR) is 99.5 cm³/mol. The third kappa shape index (κ3) is 3.10. The summed E-state index contributed by atoms with van der Waals surface area (Å²) in [5.74, 6) is 0.466. The maximum Gasteiger partial charge on any atom is 0.332 e. The Labute approximate surface area is 148 Å². The average molecular weight is 360 g/mol. The summed E-state index contributed by atoms with van der Waals surface area (Å²) >= 11 is 5.95. The number of fused-ring (bicyclic) bond motifs is 1. The van der Waals surface area contributed by atoms with Crippen LogP contribution in [0.25, 0.3) is 11.2 Å². The minimum Gasteiger partial charge on any atom is -0.326 e. The first kappa shape index (κ1) is 17.0. The van der Waals surface area contributed by atoms with Gasteiger partial charge in [-0.3, -0.25) is 13.9 Å². The molecule has 0 saturated heterocycles. The topological polar surface area (TPSA) is 73.8 Å². The normalized spacial score (nSPS) is 11.9. The summed E-state index contributed by atoms with van der Waals surface area (Å²) in [5.41, 5.74) is 0.682. The third-order valence-electron chi connectivity index (χ3n) is 3.93. The second-order valence-corrected chi connectivity index (χ2v) is 6.30. The van der Waals surface area contributed by atoms with Gasteiger partial charge < -0.3 is 9.88 Å². The molecular formula is C17H18ClN5O2. The summed E-state index contributed by atoms with van der Waals surface area (Å²) in [5, 5.41) is 3.80. The highest BCUT2D eigenvalue weighted by molar-refractivity contribution is 6.29. The van der Waals surface area contributed by atoms with Crippen molar-refractivity contribution in [3.8, 4) is 0 Å². The van der Waals surface area contributed by atoms with Crippen LogP contribution >= 0.6 is 11.6 Å². The molecule has 0 aliphatic rings. The Morgan fingerprint density at radius 3 is 2.52 bits per heavy atom. The zero-order chi connectivity index (χ0) is 18.1. The number of nitrogens with one attached hydrogen (secondary N) is 1. The van der Waals surface area contributed by atoms with Gasteiger partial charge in [0.05, 0.1) is 0 Å². The number of hydrogen-bond donors (Lipinski definition) is 1. The summed E-state index contributed by atoms with van der Waals surface area (Å²) in [6.07, 6.45) is 1.78. The van der Waals surface area contributed by atoms with Gasteiger partial charge in [0.1, 0.15) is 0 Å². The fourth-order valence-electron chi connectivity index (χ4n) is 2.59. The summed E-state index contributed by atoms with van der Waals surface area (Å²) in [6.45, 7) is 2.12. The SMILES string of the molecule is C/C(Cl)=C/Cn1c(Nc2ccccc2)nc2c1c(=O)n(C)c(=O)n2C. The zero-order valence-corrected chi connectivity index (χ0v) is 14.9. The molecule has 7 nitrogen and oxygen atoms in total. The Morgan fingerprint density at radius 2 is 1.88 bits per heavy atom. The van der Waals surface area contributed by atoms with E-state index in [1.165, 1.54) is 11.6 Å². The van der Waals surface area contributed by atoms with Crippen LogP contribution in [0.15, 0.2) is 51.0 Å². The van der Waals surface area contributed by atoms with E-state index in [2.05, 4.69) is 10.3 Å². The fraction of sp³-hybridized carbons (Fsp3) is 0.235. The van der Waals surface area contributed by atoms with E-state index in [0.29, 0.717) is 28.7 Å². The van der Waals surface area contributed by atoms with Crippen molar-refractivity contribution in [2.75, 3.05) is 5.32 Å². The molecular weight excluding hydrogens is 342 g/mol. The van der Waals surface area contributed by atoms with E-state index in [-0.39, 0.29) is 0 Å². The summed E-state index contributed by atoms with van der Waals surface area (Å²) in [4.78, 5) is 29.3. The Bertz CT molecular complexity index is 1070. The highest BCUT2D eigenvalue weighted by Crippen LogP contribution is 2.20. The number of allylic oxidation sites excluding steroid dienone is 2. The van der Waals surface area contributed by atoms with Gasteiger partial charge in [0, 0.05) is 31.4 Å². The molecule has 0 aliphatic heterocycles. The number of aromatic nitrogens is 4. The molecule has 0 aliphatic carbocycles. The molecule has 0 amide bonds. The van der Waals surface area contributed by atoms with Gasteiger partial charge in [-0.2, -0.15) is 4.98 Å². The number of anilines is 2. The van der Waals surface area contributed by atoms with Crippen LogP contribution < -0.4 is 16.6 Å². The maximum atomic E-state index is 12.6. The number of imidazole rings is 1. The van der Waals surface area contributed by atoms with Crippen molar-refractivity contribution in [1.29, 1.82) is 0 Å². The molecule has 0 spiro atoms. The predicted octanol–water partition coefficient (Wildman–Crippen LogP) is 2.32. The zero-order valence-electron chi connectivity index (χ0n) is 14.2. The van der Waals surface area contributed by atoms with E-state index in [9.17, 15) is 9.59 Å². The van der Waals surface area contributed by atoms with Crippen molar-refractivity contribution in [3.05, 3.63) is 62.3 Å². The molecule has 0 saturated carbocycles. The molecule has 3 rings (SSSR count). The number of nitrogens with zero attached hydrogens (tertiary/aromatic N) is 4. The second kappa shape index (κ2) is 6.60. The smallest absolute Gasteiger partial charge is 0.326 e. The van der Waals surface area contributed by atoms with Crippen LogP contribution in [0.4, 0.5) is 11.6 Å². The molecule has 25 heavy (non-hydrogen) atoms. The first-order chi connectivity index (χ1) is 11.9. The van der Waals surface area contributed by atoms with Crippen LogP contribution in [0, 0.1) is 0 Å². The summed E-state index contributed by atoms with van der Waals surface area (Å²) in [7, 11) is 3.05. The van der Waals surface area contributed by atoms with E-state index < -0.39 is 11.2 Å². The Kier molecular flexibility index (Phi) is 4.50. The molecule has 1 N–H and O–H groups in total. The Balaban J connectivity index is 2.28. The van der Waals surface area contributed by atoms with Gasteiger partial charge in [0.25, 0.3) is 5.56 Å². The van der Waals surface area contributed by atoms with Crippen LogP contribution in [0.1, 0.15) is 6.92 Å². The van der Waals surface area contributed by atoms with Crippen molar-refractivity contribution in [2.24, 2.45) is 14.1 Å². The van der Waals surface area contributed by atoms with Crippen molar-refractivity contribution in [1.82, 2.24) is 18.7 Å². The van der Waals surface area contributed by atoms with Crippen LogP contribution in [0.2, 0.25) is 0 Å². The molecule has 130 valence electrons. The average Bonchev–Trinajstić information content (AvgIpc) is 2.95. The third-order valence-corrected chi connectivity index (χ3v) is 4.09. The minimum absolute atomic E-state index is 0.326. The molecule has 0 atom stereocenters. The number of benzene rings is 1. The summed E-state index contributed by atoms with van der Waals surface area (Å²) in [6, 6.07) is 9.49. The second-order valence-electron chi connectivity index (χ2n) is 5.71. The van der Waals surface area contributed by atoms with E-state index in [4.69, 9.17) is 11.6 Å². The Hall–Kier alpha value is -2.80. The van der Waals surface area contributed by atoms with Gasteiger partial charge in [0.15, 0.2) is 11.2 Å². The lowest BCUT2D eigenvalue weighted by molar-refractivity contribution is 0.703. The number of rotatable bonds is 4. The van der Waals surface area contributed by atoms with Gasteiger partial charge in [-0.05, 0) is 19.1 Å². The van der Waals surface area contributed by atoms with E-state index in [1.54, 1.807) is 24.6 Å². The molecule has 2 heterocycles. The van der Waals surface area contributed by atoms with Crippen molar-refractivity contribution < 1.29 is 0 Å². The summed E-state index contributed by atoms with van der Waals surface area (Å²) < 4.78 is 4.15. The van der Waals surface area contributed by atoms with Crippen LogP contribution in [-0.2, 0) is 20.6 Å². The van der Waals surface area contributed by atoms with Gasteiger partial charge in [-0.15, -0.1) is 0 Å². The van der Waals surface area contributed by atoms with E-state index >= 15 is 0 Å². The molecule has 1 aromatic carbocycles. The van der Waals surface area contributed by atoms with Gasteiger partial charge >= 0.3 is 5.69 Å². The fourth-order valence-corrected chi connectivity index (χ4v) is 2.66. The largest absolute Gasteiger partial charge is 0.332 e. The lowest BCUT2D eigenvalue weighted by Gasteiger charge is -2.09. The molecule has 0 fully saturated rings. The monoisotopic (exact) mass is 359 g/mol. The molecule has 0 unspecified atom stereocenters. The highest BCUT2D eigenvalue weighted by Gasteiger charge is 2.18. The van der Waals surface area contributed by atoms with E-state index in [1.807, 2.05) is 30.3 Å². The highest BCUT2D eigenvalue weighted by atomic mass is 35.5. The maximum absolute atomic E-state index is 12.6. The molecule has 3 aromatic rings. The number of aryl methyl sites for hydroxylation is 1. The number of hydrogen-bond acceptors (Lipinski definition) is 4. The number of para-hydroxylation sites is 1. The first-order valence-corrected chi connectivity index (χ1v) is 8.08. The van der Waals surface area contributed by atoms with E-state index in [0.717, 1.165) is 10.3 Å². The van der Waals surface area contributed by atoms with Gasteiger partial charge in [0.2, 0.25) is 5.95 Å². The lowest BCUT2D eigenvalue weighted by atomic mass is 10.3. The van der Waals surface area contributed by atoms with Crippen molar-refractivity contribution in [2.45, 2.75) is 13.5 Å². The van der Waals surface area contributed by atoms with Crippen molar-refractivity contribution >= 4 is 34.4 Å². The first-order valence-electron chi connectivity index (χ1n) is 7.70. The quantitative estimate of drug-likeness (QED) is 0.775. The van der Waals surface area contributed by atoms with Crippen LogP contribution in [-0.4, -0.2) is 18.7 Å². The minimum atomic E-state index is -0.419. The molecule has 0 radical (unpaired) electrons.